The molecule has 0 aliphatic carbocycles. The van der Waals surface area contributed by atoms with Crippen LogP contribution < -0.4 is 5.32 Å². The van der Waals surface area contributed by atoms with Gasteiger partial charge in [-0.05, 0) is 41.8 Å². The lowest BCUT2D eigenvalue weighted by Gasteiger charge is -2.25. The lowest BCUT2D eigenvalue weighted by Crippen LogP contribution is -2.43. The van der Waals surface area contributed by atoms with Crippen molar-refractivity contribution in [1.82, 2.24) is 10.2 Å². The van der Waals surface area contributed by atoms with Crippen LogP contribution in [0.2, 0.25) is 0 Å². The van der Waals surface area contributed by atoms with E-state index in [4.69, 9.17) is 0 Å². The normalized spacial score (nSPS) is 20.4. The molecule has 1 aliphatic rings. The maximum Gasteiger partial charge on any atom is 0.325 e. The monoisotopic (exact) mass is 390 g/mol. The van der Waals surface area contributed by atoms with Crippen LogP contribution in [0.3, 0.4) is 0 Å². The molecule has 1 aliphatic heterocycles. The molecule has 1 N–H and O–H groups in total. The van der Waals surface area contributed by atoms with Crippen molar-refractivity contribution in [2.75, 3.05) is 0 Å². The number of carbonyl (C=O) groups excluding carboxylic acids is 2. The van der Waals surface area contributed by atoms with Gasteiger partial charge in [0.15, 0.2) is 0 Å². The molecular weight excluding hydrogens is 375 g/mol. The number of carbonyl (C=O) groups is 2. The number of benzene rings is 2. The lowest BCUT2D eigenvalue weighted by molar-refractivity contribution is -0.132. The van der Waals surface area contributed by atoms with Crippen molar-refractivity contribution in [2.24, 2.45) is 0 Å². The standard InChI is InChI=1S/C18H16BrFN2O2/c1-2-18(13-5-9-15(20)10-6-13)16(23)22(17(24)21-18)11-12-3-7-14(19)8-4-12/h3-10H,2,11H2,1H3,(H,21,24)/t18-/m1/s1. The summed E-state index contributed by atoms with van der Waals surface area (Å²) in [7, 11) is 0. The van der Waals surface area contributed by atoms with Crippen molar-refractivity contribution in [1.29, 1.82) is 0 Å². The van der Waals surface area contributed by atoms with Crippen LogP contribution in [0.5, 0.6) is 0 Å². The Balaban J connectivity index is 1.91. The minimum atomic E-state index is -1.14. The summed E-state index contributed by atoms with van der Waals surface area (Å²) in [5, 5.41) is 2.79. The molecule has 3 rings (SSSR count). The average molecular weight is 391 g/mol. The number of nitrogens with one attached hydrogen (secondary N) is 1. The summed E-state index contributed by atoms with van der Waals surface area (Å²) < 4.78 is 14.1. The van der Waals surface area contributed by atoms with Gasteiger partial charge in [-0.25, -0.2) is 9.18 Å². The number of halogens is 2. The predicted molar refractivity (Wildman–Crippen MR) is 91.6 cm³/mol. The summed E-state index contributed by atoms with van der Waals surface area (Å²) in [6.45, 7) is 2.02. The highest BCUT2D eigenvalue weighted by molar-refractivity contribution is 9.10. The molecule has 0 saturated carbocycles. The van der Waals surface area contributed by atoms with E-state index in [0.717, 1.165) is 10.0 Å². The third kappa shape index (κ3) is 2.82. The molecule has 2 aromatic carbocycles. The Bertz CT molecular complexity index is 777. The lowest BCUT2D eigenvalue weighted by atomic mass is 9.87. The van der Waals surface area contributed by atoms with Crippen molar-refractivity contribution in [3.8, 4) is 0 Å². The Morgan fingerprint density at radius 3 is 2.29 bits per heavy atom. The Labute approximate surface area is 147 Å². The van der Waals surface area contributed by atoms with Gasteiger partial charge in [0.25, 0.3) is 5.91 Å². The van der Waals surface area contributed by atoms with E-state index in [9.17, 15) is 14.0 Å². The van der Waals surface area contributed by atoms with Gasteiger partial charge in [-0.1, -0.05) is 47.1 Å². The van der Waals surface area contributed by atoms with Crippen LogP contribution >= 0.6 is 15.9 Å². The predicted octanol–water partition coefficient (Wildman–Crippen LogP) is 3.95. The Morgan fingerprint density at radius 1 is 1.08 bits per heavy atom. The van der Waals surface area contributed by atoms with Gasteiger partial charge in [0.05, 0.1) is 6.54 Å². The van der Waals surface area contributed by atoms with Crippen LogP contribution in [-0.2, 0) is 16.9 Å². The summed E-state index contributed by atoms with van der Waals surface area (Å²) in [5.41, 5.74) is 0.302. The number of rotatable bonds is 4. The molecule has 6 heteroatoms. The smallest absolute Gasteiger partial charge is 0.319 e. The van der Waals surface area contributed by atoms with Crippen LogP contribution in [-0.4, -0.2) is 16.8 Å². The SMILES string of the molecule is CC[C@]1(c2ccc(F)cc2)NC(=O)N(Cc2ccc(Br)cc2)C1=O. The summed E-state index contributed by atoms with van der Waals surface area (Å²) in [6.07, 6.45) is 0.389. The zero-order chi connectivity index (χ0) is 17.3. The fourth-order valence-electron chi connectivity index (χ4n) is 2.92. The molecule has 24 heavy (non-hydrogen) atoms. The number of nitrogens with zero attached hydrogens (tertiary/aromatic N) is 1. The molecule has 1 atom stereocenters. The van der Waals surface area contributed by atoms with Gasteiger partial charge < -0.3 is 5.32 Å². The maximum absolute atomic E-state index is 13.2. The summed E-state index contributed by atoms with van der Waals surface area (Å²) in [4.78, 5) is 26.6. The molecule has 4 nitrogen and oxygen atoms in total. The number of imide groups is 1. The van der Waals surface area contributed by atoms with Gasteiger partial charge in [-0.2, -0.15) is 0 Å². The average Bonchev–Trinajstić information content (AvgIpc) is 2.82. The van der Waals surface area contributed by atoms with Gasteiger partial charge in [0.1, 0.15) is 11.4 Å². The van der Waals surface area contributed by atoms with E-state index in [2.05, 4.69) is 21.2 Å². The molecule has 0 bridgehead atoms. The molecule has 1 saturated heterocycles. The van der Waals surface area contributed by atoms with Gasteiger partial charge in [-0.3, -0.25) is 9.69 Å². The van der Waals surface area contributed by atoms with Gasteiger partial charge in [0, 0.05) is 4.47 Å². The third-order valence-corrected chi connectivity index (χ3v) is 4.83. The Morgan fingerprint density at radius 2 is 1.71 bits per heavy atom. The molecule has 3 amide bonds. The van der Waals surface area contributed by atoms with E-state index in [0.29, 0.717) is 12.0 Å². The summed E-state index contributed by atoms with van der Waals surface area (Å²) in [5.74, 6) is -0.696. The largest absolute Gasteiger partial charge is 0.325 e. The fraction of sp³-hybridized carbons (Fsp3) is 0.222. The minimum Gasteiger partial charge on any atom is -0.319 e. The fourth-order valence-corrected chi connectivity index (χ4v) is 3.18. The molecule has 0 aromatic heterocycles. The first-order chi connectivity index (χ1) is 11.5. The quantitative estimate of drug-likeness (QED) is 0.803. The summed E-state index contributed by atoms with van der Waals surface area (Å²) >= 11 is 3.36. The van der Waals surface area contributed by atoms with Gasteiger partial charge in [-0.15, -0.1) is 0 Å². The number of amides is 3. The summed E-state index contributed by atoms with van der Waals surface area (Å²) in [6, 6.07) is 12.7. The van der Waals surface area contributed by atoms with E-state index in [1.165, 1.54) is 17.0 Å². The molecular formula is C18H16BrFN2O2. The maximum atomic E-state index is 13.2. The van der Waals surface area contributed by atoms with Crippen molar-refractivity contribution in [3.05, 3.63) is 69.9 Å². The molecule has 0 radical (unpaired) electrons. The molecule has 2 aromatic rings. The molecule has 1 heterocycles. The van der Waals surface area contributed by atoms with Crippen LogP contribution in [0.25, 0.3) is 0 Å². The topological polar surface area (TPSA) is 49.4 Å². The Kier molecular flexibility index (Phi) is 4.41. The van der Waals surface area contributed by atoms with E-state index >= 15 is 0 Å². The number of urea groups is 1. The molecule has 124 valence electrons. The van der Waals surface area contributed by atoms with E-state index in [1.54, 1.807) is 12.1 Å². The highest BCUT2D eigenvalue weighted by Gasteiger charge is 2.51. The first kappa shape index (κ1) is 16.6. The van der Waals surface area contributed by atoms with Crippen molar-refractivity contribution in [2.45, 2.75) is 25.4 Å². The van der Waals surface area contributed by atoms with Crippen molar-refractivity contribution < 1.29 is 14.0 Å². The van der Waals surface area contributed by atoms with Crippen molar-refractivity contribution in [3.63, 3.8) is 0 Å². The second kappa shape index (κ2) is 6.36. The third-order valence-electron chi connectivity index (χ3n) is 4.30. The molecule has 0 spiro atoms. The van der Waals surface area contributed by atoms with E-state index in [1.807, 2.05) is 31.2 Å². The van der Waals surface area contributed by atoms with Crippen LogP contribution in [0.4, 0.5) is 9.18 Å². The van der Waals surface area contributed by atoms with Crippen molar-refractivity contribution >= 4 is 27.9 Å². The van der Waals surface area contributed by atoms with Crippen LogP contribution in [0, 0.1) is 5.82 Å². The van der Waals surface area contributed by atoms with E-state index < -0.39 is 11.6 Å². The van der Waals surface area contributed by atoms with E-state index in [-0.39, 0.29) is 18.3 Å². The van der Waals surface area contributed by atoms with Gasteiger partial charge >= 0.3 is 6.03 Å². The minimum absolute atomic E-state index is 0.195. The first-order valence-electron chi connectivity index (χ1n) is 7.61. The highest BCUT2D eigenvalue weighted by Crippen LogP contribution is 2.33. The second-order valence-electron chi connectivity index (χ2n) is 5.71. The van der Waals surface area contributed by atoms with Crippen LogP contribution in [0.15, 0.2) is 53.0 Å². The number of hydrogen-bond donors (Lipinski definition) is 1. The number of hydrogen-bond acceptors (Lipinski definition) is 2. The Hall–Kier alpha value is -2.21. The second-order valence-corrected chi connectivity index (χ2v) is 6.63. The zero-order valence-electron chi connectivity index (χ0n) is 13.1. The van der Waals surface area contributed by atoms with Crippen LogP contribution in [0.1, 0.15) is 24.5 Å². The highest BCUT2D eigenvalue weighted by atomic mass is 79.9. The molecule has 1 fully saturated rings. The molecule has 0 unspecified atom stereocenters. The van der Waals surface area contributed by atoms with Gasteiger partial charge in [0.2, 0.25) is 0 Å². The first-order valence-corrected chi connectivity index (χ1v) is 8.40. The zero-order valence-corrected chi connectivity index (χ0v) is 14.6.